The maximum atomic E-state index is 10.6. The van der Waals surface area contributed by atoms with Crippen LogP contribution >= 0.6 is 43.5 Å². The van der Waals surface area contributed by atoms with Gasteiger partial charge in [0.25, 0.3) is 5.69 Å². The quantitative estimate of drug-likeness (QED) is 0.533. The van der Waals surface area contributed by atoms with Gasteiger partial charge in [-0.1, -0.05) is 27.5 Å². The summed E-state index contributed by atoms with van der Waals surface area (Å²) in [6, 6.07) is 10.2. The van der Waals surface area contributed by atoms with Gasteiger partial charge in [-0.05, 0) is 45.8 Å². The molecule has 2 aromatic carbocycles. The number of benzene rings is 2. The molecule has 7 heteroatoms. The van der Waals surface area contributed by atoms with Crippen molar-refractivity contribution in [2.75, 3.05) is 5.32 Å². The molecule has 2 aromatic rings. The molecule has 0 unspecified atom stereocenters. The van der Waals surface area contributed by atoms with Gasteiger partial charge in [-0.2, -0.15) is 0 Å². The molecule has 0 saturated heterocycles. The van der Waals surface area contributed by atoms with E-state index in [9.17, 15) is 10.1 Å². The fourth-order valence-corrected chi connectivity index (χ4v) is 3.05. The third-order valence-corrected chi connectivity index (χ3v) is 4.15. The zero-order valence-corrected chi connectivity index (χ0v) is 14.0. The van der Waals surface area contributed by atoms with E-state index in [2.05, 4.69) is 37.2 Å². The second kappa shape index (κ2) is 6.56. The molecular weight excluding hydrogens is 411 g/mol. The minimum absolute atomic E-state index is 0.0106. The molecule has 0 amide bonds. The van der Waals surface area contributed by atoms with Gasteiger partial charge in [-0.15, -0.1) is 0 Å². The molecule has 2 rings (SSSR count). The highest BCUT2D eigenvalue weighted by atomic mass is 79.9. The lowest BCUT2D eigenvalue weighted by atomic mass is 10.2. The monoisotopic (exact) mass is 418 g/mol. The van der Waals surface area contributed by atoms with Crippen molar-refractivity contribution in [2.24, 2.45) is 0 Å². The summed E-state index contributed by atoms with van der Waals surface area (Å²) in [7, 11) is 0. The molecule has 20 heavy (non-hydrogen) atoms. The summed E-state index contributed by atoms with van der Waals surface area (Å²) in [6.45, 7) is 0.483. The molecule has 0 atom stereocenters. The van der Waals surface area contributed by atoms with Crippen LogP contribution in [0, 0.1) is 10.1 Å². The van der Waals surface area contributed by atoms with Crippen molar-refractivity contribution in [2.45, 2.75) is 6.54 Å². The number of anilines is 1. The smallest absolute Gasteiger partial charge is 0.270 e. The number of nitro groups is 1. The number of non-ortho nitro benzene ring substituents is 1. The van der Waals surface area contributed by atoms with Crippen LogP contribution in [0.1, 0.15) is 5.56 Å². The lowest BCUT2D eigenvalue weighted by Crippen LogP contribution is -2.01. The Morgan fingerprint density at radius 2 is 1.95 bits per heavy atom. The van der Waals surface area contributed by atoms with Crippen LogP contribution in [0.2, 0.25) is 5.02 Å². The minimum Gasteiger partial charge on any atom is -0.380 e. The lowest BCUT2D eigenvalue weighted by molar-refractivity contribution is -0.384. The normalized spacial score (nSPS) is 10.3. The van der Waals surface area contributed by atoms with Gasteiger partial charge >= 0.3 is 0 Å². The Hall–Kier alpha value is -1.11. The summed E-state index contributed by atoms with van der Waals surface area (Å²) in [5, 5.41) is 14.2. The van der Waals surface area contributed by atoms with Crippen LogP contribution in [0.25, 0.3) is 0 Å². The van der Waals surface area contributed by atoms with Crippen molar-refractivity contribution in [3.8, 4) is 0 Å². The summed E-state index contributed by atoms with van der Waals surface area (Å²) in [4.78, 5) is 10.2. The van der Waals surface area contributed by atoms with Crippen molar-refractivity contribution in [1.29, 1.82) is 0 Å². The number of nitrogens with zero attached hydrogens (tertiary/aromatic N) is 1. The predicted octanol–water partition coefficient (Wildman–Crippen LogP) is 5.39. The molecule has 104 valence electrons. The molecule has 0 saturated carbocycles. The number of nitro benzene ring substituents is 1. The Morgan fingerprint density at radius 3 is 2.55 bits per heavy atom. The molecule has 0 aliphatic rings. The third kappa shape index (κ3) is 3.71. The fraction of sp³-hybridized carbons (Fsp3) is 0.0769. The Kier molecular flexibility index (Phi) is 5.01. The lowest BCUT2D eigenvalue weighted by Gasteiger charge is -2.10. The van der Waals surface area contributed by atoms with E-state index in [1.165, 1.54) is 12.1 Å². The van der Waals surface area contributed by atoms with Crippen molar-refractivity contribution < 1.29 is 4.92 Å². The van der Waals surface area contributed by atoms with Crippen LogP contribution < -0.4 is 5.32 Å². The number of hydrogen-bond donors (Lipinski definition) is 1. The topological polar surface area (TPSA) is 55.2 Å². The Bertz CT molecular complexity index is 665. The SMILES string of the molecule is O=[N+]([O-])c1ccc(CNc2ccc(Br)cc2Br)c(Cl)c1. The van der Waals surface area contributed by atoms with Crippen LogP contribution in [-0.2, 0) is 6.54 Å². The molecule has 0 heterocycles. The molecule has 0 aromatic heterocycles. The average molecular weight is 420 g/mol. The number of rotatable bonds is 4. The summed E-state index contributed by atoms with van der Waals surface area (Å²) >= 11 is 12.9. The molecule has 4 nitrogen and oxygen atoms in total. The summed E-state index contributed by atoms with van der Waals surface area (Å²) < 4.78 is 1.90. The Labute approximate surface area is 137 Å². The van der Waals surface area contributed by atoms with Crippen LogP contribution in [0.5, 0.6) is 0 Å². The molecule has 1 N–H and O–H groups in total. The van der Waals surface area contributed by atoms with Gasteiger partial charge in [-0.25, -0.2) is 0 Å². The van der Waals surface area contributed by atoms with Crippen LogP contribution in [0.3, 0.4) is 0 Å². The van der Waals surface area contributed by atoms with Gasteiger partial charge in [0.05, 0.1) is 9.95 Å². The van der Waals surface area contributed by atoms with Gasteiger partial charge in [0, 0.05) is 33.3 Å². The minimum atomic E-state index is -0.464. The van der Waals surface area contributed by atoms with E-state index < -0.39 is 4.92 Å². The zero-order valence-electron chi connectivity index (χ0n) is 10.1. The fourth-order valence-electron chi connectivity index (χ4n) is 1.62. The highest BCUT2D eigenvalue weighted by Crippen LogP contribution is 2.28. The van der Waals surface area contributed by atoms with Gasteiger partial charge < -0.3 is 5.32 Å². The maximum Gasteiger partial charge on any atom is 0.270 e. The van der Waals surface area contributed by atoms with E-state index in [1.54, 1.807) is 6.07 Å². The van der Waals surface area contributed by atoms with E-state index >= 15 is 0 Å². The Balaban J connectivity index is 2.13. The molecule has 0 bridgehead atoms. The van der Waals surface area contributed by atoms with Crippen molar-refractivity contribution in [3.63, 3.8) is 0 Å². The van der Waals surface area contributed by atoms with E-state index in [0.29, 0.717) is 11.6 Å². The summed E-state index contributed by atoms with van der Waals surface area (Å²) in [6.07, 6.45) is 0. The average Bonchev–Trinajstić information content (AvgIpc) is 2.38. The predicted molar refractivity (Wildman–Crippen MR) is 87.3 cm³/mol. The van der Waals surface area contributed by atoms with E-state index in [4.69, 9.17) is 11.6 Å². The maximum absolute atomic E-state index is 10.6. The first-order valence-corrected chi connectivity index (χ1v) is 7.55. The molecule has 0 spiro atoms. The first-order chi connectivity index (χ1) is 9.47. The van der Waals surface area contributed by atoms with Crippen molar-refractivity contribution >= 4 is 54.8 Å². The molecule has 0 aliphatic carbocycles. The molecule has 0 fully saturated rings. The first kappa shape index (κ1) is 15.3. The second-order valence-corrected chi connectivity index (χ2v) is 6.19. The first-order valence-electron chi connectivity index (χ1n) is 5.59. The highest BCUT2D eigenvalue weighted by Gasteiger charge is 2.09. The Morgan fingerprint density at radius 1 is 1.20 bits per heavy atom. The number of halogens is 3. The van der Waals surface area contributed by atoms with E-state index in [1.807, 2.05) is 18.2 Å². The van der Waals surface area contributed by atoms with Gasteiger partial charge in [0.1, 0.15) is 0 Å². The molecular formula is C13H9Br2ClN2O2. The summed E-state index contributed by atoms with van der Waals surface area (Å²) in [5.74, 6) is 0. The van der Waals surface area contributed by atoms with Crippen LogP contribution in [-0.4, -0.2) is 4.92 Å². The van der Waals surface area contributed by atoms with Gasteiger partial charge in [0.2, 0.25) is 0 Å². The zero-order chi connectivity index (χ0) is 14.7. The molecule has 0 radical (unpaired) electrons. The number of nitrogens with one attached hydrogen (secondary N) is 1. The largest absolute Gasteiger partial charge is 0.380 e. The van der Waals surface area contributed by atoms with E-state index in [-0.39, 0.29) is 5.69 Å². The van der Waals surface area contributed by atoms with Gasteiger partial charge in [-0.3, -0.25) is 10.1 Å². The van der Waals surface area contributed by atoms with Crippen LogP contribution in [0.15, 0.2) is 45.3 Å². The standard InChI is InChI=1S/C13H9Br2ClN2O2/c14-9-2-4-13(11(15)5-9)17-7-8-1-3-10(18(19)20)6-12(8)16/h1-6,17H,7H2. The number of hydrogen-bond acceptors (Lipinski definition) is 3. The second-order valence-electron chi connectivity index (χ2n) is 4.01. The highest BCUT2D eigenvalue weighted by molar-refractivity contribution is 9.11. The third-order valence-electron chi connectivity index (χ3n) is 2.65. The van der Waals surface area contributed by atoms with Crippen LogP contribution in [0.4, 0.5) is 11.4 Å². The summed E-state index contributed by atoms with van der Waals surface area (Å²) in [5.41, 5.74) is 1.71. The van der Waals surface area contributed by atoms with Crippen molar-refractivity contribution in [1.82, 2.24) is 0 Å². The van der Waals surface area contributed by atoms with Crippen molar-refractivity contribution in [3.05, 3.63) is 66.0 Å². The molecule has 0 aliphatic heterocycles. The van der Waals surface area contributed by atoms with E-state index in [0.717, 1.165) is 20.2 Å². The van der Waals surface area contributed by atoms with Gasteiger partial charge in [0.15, 0.2) is 0 Å².